The molecule has 114 valence electrons. The van der Waals surface area contributed by atoms with Crippen molar-refractivity contribution in [2.24, 2.45) is 11.3 Å². The molecular formula is C14H24N2O2S2. The molecule has 0 radical (unpaired) electrons. The zero-order chi connectivity index (χ0) is 14.8. The van der Waals surface area contributed by atoms with E-state index < -0.39 is 10.0 Å². The molecule has 2 N–H and O–H groups in total. The Labute approximate surface area is 126 Å². The van der Waals surface area contributed by atoms with Gasteiger partial charge in [-0.1, -0.05) is 20.8 Å². The molecule has 1 aromatic rings. The Bertz CT molecular complexity index is 549. The Morgan fingerprint density at radius 2 is 2.15 bits per heavy atom. The third-order valence-electron chi connectivity index (χ3n) is 3.89. The van der Waals surface area contributed by atoms with Gasteiger partial charge in [0.2, 0.25) is 10.0 Å². The summed E-state index contributed by atoms with van der Waals surface area (Å²) in [6.07, 6.45) is 2.18. The highest BCUT2D eigenvalue weighted by Gasteiger charge is 2.45. The smallest absolute Gasteiger partial charge is 0.250 e. The van der Waals surface area contributed by atoms with Gasteiger partial charge in [-0.05, 0) is 47.7 Å². The van der Waals surface area contributed by atoms with Gasteiger partial charge in [-0.15, -0.1) is 11.3 Å². The molecule has 0 bridgehead atoms. The first-order valence-electron chi connectivity index (χ1n) is 7.13. The van der Waals surface area contributed by atoms with E-state index in [2.05, 4.69) is 30.8 Å². The van der Waals surface area contributed by atoms with Crippen LogP contribution in [0.15, 0.2) is 15.7 Å². The predicted molar refractivity (Wildman–Crippen MR) is 83.4 cm³/mol. The summed E-state index contributed by atoms with van der Waals surface area (Å²) < 4.78 is 27.6. The van der Waals surface area contributed by atoms with Crippen LogP contribution in [0, 0.1) is 11.3 Å². The summed E-state index contributed by atoms with van der Waals surface area (Å²) in [5.41, 5.74) is 1.34. The van der Waals surface area contributed by atoms with E-state index in [0.717, 1.165) is 31.5 Å². The Hall–Kier alpha value is -0.430. The van der Waals surface area contributed by atoms with Crippen LogP contribution in [0.25, 0.3) is 0 Å². The molecule has 0 spiro atoms. The van der Waals surface area contributed by atoms with Crippen molar-refractivity contribution in [2.75, 3.05) is 13.1 Å². The SMILES string of the molecule is CCCNCc1csc(S(=O)(=O)NCC2CC2(C)C)c1. The molecule has 20 heavy (non-hydrogen) atoms. The highest BCUT2D eigenvalue weighted by molar-refractivity contribution is 7.91. The van der Waals surface area contributed by atoms with Crippen molar-refractivity contribution in [3.8, 4) is 0 Å². The average Bonchev–Trinajstić information content (AvgIpc) is 2.77. The molecule has 0 saturated heterocycles. The first kappa shape index (κ1) is 15.9. The summed E-state index contributed by atoms with van der Waals surface area (Å²) in [5.74, 6) is 0.475. The van der Waals surface area contributed by atoms with Gasteiger partial charge in [-0.3, -0.25) is 0 Å². The molecular weight excluding hydrogens is 292 g/mol. The molecule has 1 aromatic heterocycles. The normalized spacial score (nSPS) is 21.1. The maximum atomic E-state index is 12.2. The van der Waals surface area contributed by atoms with Crippen LogP contribution >= 0.6 is 11.3 Å². The van der Waals surface area contributed by atoms with E-state index in [0.29, 0.717) is 22.1 Å². The van der Waals surface area contributed by atoms with Gasteiger partial charge in [0.1, 0.15) is 4.21 Å². The van der Waals surface area contributed by atoms with E-state index in [1.54, 1.807) is 6.07 Å². The van der Waals surface area contributed by atoms with Crippen molar-refractivity contribution >= 4 is 21.4 Å². The second-order valence-corrected chi connectivity index (χ2v) is 9.10. The molecule has 1 atom stereocenters. The third kappa shape index (κ3) is 4.04. The van der Waals surface area contributed by atoms with E-state index in [9.17, 15) is 8.42 Å². The molecule has 1 unspecified atom stereocenters. The van der Waals surface area contributed by atoms with Crippen molar-refractivity contribution in [2.45, 2.75) is 44.4 Å². The summed E-state index contributed by atoms with van der Waals surface area (Å²) in [7, 11) is -3.33. The number of sulfonamides is 1. The molecule has 0 aliphatic heterocycles. The summed E-state index contributed by atoms with van der Waals surface area (Å²) in [5, 5.41) is 5.19. The molecule has 0 amide bonds. The van der Waals surface area contributed by atoms with E-state index >= 15 is 0 Å². The Kier molecular flexibility index (Phi) is 4.89. The van der Waals surface area contributed by atoms with Gasteiger partial charge in [-0.25, -0.2) is 13.1 Å². The number of hydrogen-bond acceptors (Lipinski definition) is 4. The molecule has 1 aliphatic carbocycles. The minimum atomic E-state index is -3.33. The minimum Gasteiger partial charge on any atom is -0.313 e. The van der Waals surface area contributed by atoms with Crippen molar-refractivity contribution in [3.05, 3.63) is 17.0 Å². The first-order valence-corrected chi connectivity index (χ1v) is 9.49. The molecule has 1 saturated carbocycles. The molecule has 1 aliphatic rings. The van der Waals surface area contributed by atoms with Gasteiger partial charge in [0.05, 0.1) is 0 Å². The van der Waals surface area contributed by atoms with Crippen molar-refractivity contribution < 1.29 is 8.42 Å². The second-order valence-electron chi connectivity index (χ2n) is 6.19. The summed E-state index contributed by atoms with van der Waals surface area (Å²) in [6, 6.07) is 1.77. The molecule has 2 rings (SSSR count). The highest BCUT2D eigenvalue weighted by Crippen LogP contribution is 2.51. The Balaban J connectivity index is 1.89. The standard InChI is InChI=1S/C14H24N2O2S2/c1-4-5-15-8-11-6-13(19-10-11)20(17,18)16-9-12-7-14(12,2)3/h6,10,12,15-16H,4-5,7-9H2,1-3H3. The van der Waals surface area contributed by atoms with E-state index in [-0.39, 0.29) is 0 Å². The Morgan fingerprint density at radius 3 is 2.75 bits per heavy atom. The van der Waals surface area contributed by atoms with Gasteiger partial charge in [-0.2, -0.15) is 0 Å². The fourth-order valence-electron chi connectivity index (χ4n) is 2.20. The zero-order valence-corrected chi connectivity index (χ0v) is 14.0. The van der Waals surface area contributed by atoms with Gasteiger partial charge in [0.25, 0.3) is 0 Å². The summed E-state index contributed by atoms with van der Waals surface area (Å²) >= 11 is 1.30. The van der Waals surface area contributed by atoms with Crippen LogP contribution in [0.4, 0.5) is 0 Å². The van der Waals surface area contributed by atoms with Crippen LogP contribution in [-0.2, 0) is 16.6 Å². The average molecular weight is 316 g/mol. The summed E-state index contributed by atoms with van der Waals surface area (Å²) in [4.78, 5) is 0. The van der Waals surface area contributed by atoms with Crippen LogP contribution < -0.4 is 10.0 Å². The van der Waals surface area contributed by atoms with E-state index in [1.807, 2.05) is 5.38 Å². The maximum Gasteiger partial charge on any atom is 0.250 e. The van der Waals surface area contributed by atoms with E-state index in [1.165, 1.54) is 11.3 Å². The molecule has 1 heterocycles. The number of nitrogens with one attached hydrogen (secondary N) is 2. The van der Waals surface area contributed by atoms with Crippen molar-refractivity contribution in [3.63, 3.8) is 0 Å². The monoisotopic (exact) mass is 316 g/mol. The second kappa shape index (κ2) is 6.13. The van der Waals surface area contributed by atoms with Gasteiger partial charge >= 0.3 is 0 Å². The molecule has 1 fully saturated rings. The minimum absolute atomic E-state index is 0.299. The fourth-order valence-corrected chi connectivity index (χ4v) is 4.54. The van der Waals surface area contributed by atoms with Crippen molar-refractivity contribution in [1.29, 1.82) is 0 Å². The van der Waals surface area contributed by atoms with Crippen LogP contribution in [0.1, 0.15) is 39.2 Å². The molecule has 4 nitrogen and oxygen atoms in total. The van der Waals surface area contributed by atoms with Crippen LogP contribution in [0.5, 0.6) is 0 Å². The Morgan fingerprint density at radius 1 is 1.45 bits per heavy atom. The lowest BCUT2D eigenvalue weighted by molar-refractivity contribution is 0.538. The number of rotatable bonds is 8. The lowest BCUT2D eigenvalue weighted by Crippen LogP contribution is -2.26. The lowest BCUT2D eigenvalue weighted by atomic mass is 10.1. The molecule has 0 aromatic carbocycles. The highest BCUT2D eigenvalue weighted by atomic mass is 32.2. The van der Waals surface area contributed by atoms with Crippen molar-refractivity contribution in [1.82, 2.24) is 10.0 Å². The molecule has 6 heteroatoms. The first-order chi connectivity index (χ1) is 9.35. The van der Waals surface area contributed by atoms with Crippen LogP contribution in [0.2, 0.25) is 0 Å². The lowest BCUT2D eigenvalue weighted by Gasteiger charge is -2.06. The predicted octanol–water partition coefficient (Wildman–Crippen LogP) is 2.57. The fraction of sp³-hybridized carbons (Fsp3) is 0.714. The van der Waals surface area contributed by atoms with Gasteiger partial charge in [0.15, 0.2) is 0 Å². The van der Waals surface area contributed by atoms with Gasteiger partial charge in [0, 0.05) is 13.1 Å². The maximum absolute atomic E-state index is 12.2. The third-order valence-corrected chi connectivity index (χ3v) is 6.80. The number of hydrogen-bond donors (Lipinski definition) is 2. The van der Waals surface area contributed by atoms with Crippen LogP contribution in [-0.4, -0.2) is 21.5 Å². The quantitative estimate of drug-likeness (QED) is 0.725. The van der Waals surface area contributed by atoms with Gasteiger partial charge < -0.3 is 5.32 Å². The topological polar surface area (TPSA) is 58.2 Å². The number of thiophene rings is 1. The summed E-state index contributed by atoms with van der Waals surface area (Å²) in [6.45, 7) is 8.70. The van der Waals surface area contributed by atoms with E-state index in [4.69, 9.17) is 0 Å². The zero-order valence-electron chi connectivity index (χ0n) is 12.4. The largest absolute Gasteiger partial charge is 0.313 e. The van der Waals surface area contributed by atoms with Crippen LogP contribution in [0.3, 0.4) is 0 Å².